The molecule has 0 bridgehead atoms. The third-order valence-electron chi connectivity index (χ3n) is 2.81. The summed E-state index contributed by atoms with van der Waals surface area (Å²) in [7, 11) is 1.39. The Kier molecular flexibility index (Phi) is 4.31. The Bertz CT molecular complexity index is 738. The van der Waals surface area contributed by atoms with Gasteiger partial charge in [-0.25, -0.2) is 4.79 Å². The number of nitrogens with zero attached hydrogens (tertiary/aromatic N) is 1. The van der Waals surface area contributed by atoms with Crippen LogP contribution in [-0.4, -0.2) is 18.2 Å². The number of ether oxygens (including phenoxy) is 1. The van der Waals surface area contributed by atoms with Crippen molar-refractivity contribution in [2.24, 2.45) is 0 Å². The molecule has 0 amide bonds. The number of hydrogen-bond acceptors (Lipinski definition) is 4. The van der Waals surface area contributed by atoms with E-state index < -0.39 is 5.97 Å². The number of carbonyl (C=O) groups is 1. The predicted octanol–water partition coefficient (Wildman–Crippen LogP) is 3.66. The molecule has 2 N–H and O–H groups in total. The fourth-order valence-corrected chi connectivity index (χ4v) is 1.99. The van der Waals surface area contributed by atoms with Gasteiger partial charge < -0.3 is 15.2 Å². The van der Waals surface area contributed by atoms with Crippen molar-refractivity contribution in [1.82, 2.24) is 0 Å². The van der Waals surface area contributed by atoms with E-state index in [-0.39, 0.29) is 11.3 Å². The van der Waals surface area contributed by atoms with Crippen LogP contribution in [0.15, 0.2) is 36.4 Å². The van der Waals surface area contributed by atoms with Crippen molar-refractivity contribution in [2.45, 2.75) is 0 Å². The first-order valence-electron chi connectivity index (χ1n) is 5.93. The van der Waals surface area contributed by atoms with Crippen LogP contribution < -0.4 is 10.1 Å². The van der Waals surface area contributed by atoms with Crippen molar-refractivity contribution in [3.63, 3.8) is 0 Å². The first-order chi connectivity index (χ1) is 10.0. The number of aromatic carboxylic acids is 1. The van der Waals surface area contributed by atoms with Gasteiger partial charge in [0.15, 0.2) is 0 Å². The molecule has 21 heavy (non-hydrogen) atoms. The number of hydrogen-bond donors (Lipinski definition) is 2. The molecule has 0 atom stereocenters. The van der Waals surface area contributed by atoms with Gasteiger partial charge in [0.25, 0.3) is 0 Å². The molecule has 0 aliphatic heterocycles. The van der Waals surface area contributed by atoms with Gasteiger partial charge in [0.05, 0.1) is 18.4 Å². The van der Waals surface area contributed by atoms with Crippen LogP contribution in [-0.2, 0) is 0 Å². The summed E-state index contributed by atoms with van der Waals surface area (Å²) in [6.45, 7) is 0. The van der Waals surface area contributed by atoms with Crippen LogP contribution in [0, 0.1) is 11.3 Å². The summed E-state index contributed by atoms with van der Waals surface area (Å²) in [6.07, 6.45) is 0. The van der Waals surface area contributed by atoms with Crippen molar-refractivity contribution in [2.75, 3.05) is 12.4 Å². The van der Waals surface area contributed by atoms with E-state index in [1.165, 1.54) is 13.2 Å². The molecule has 2 aromatic rings. The minimum atomic E-state index is -1.07. The second-order valence-corrected chi connectivity index (χ2v) is 4.58. The summed E-state index contributed by atoms with van der Waals surface area (Å²) in [5.74, 6) is -0.841. The molecule has 0 unspecified atom stereocenters. The lowest BCUT2D eigenvalue weighted by Crippen LogP contribution is -2.01. The Morgan fingerprint density at radius 2 is 2.10 bits per heavy atom. The zero-order chi connectivity index (χ0) is 15.4. The van der Waals surface area contributed by atoms with Gasteiger partial charge in [0.1, 0.15) is 17.4 Å². The first kappa shape index (κ1) is 14.7. The highest BCUT2D eigenvalue weighted by Gasteiger charge is 2.12. The Balaban J connectivity index is 2.39. The number of carboxylic acid groups (broad SMARTS) is 1. The lowest BCUT2D eigenvalue weighted by Gasteiger charge is -2.11. The summed E-state index contributed by atoms with van der Waals surface area (Å²) in [6, 6.07) is 11.5. The van der Waals surface area contributed by atoms with Crippen molar-refractivity contribution in [3.8, 4) is 11.8 Å². The number of carboxylic acids is 1. The maximum absolute atomic E-state index is 11.0. The van der Waals surface area contributed by atoms with Gasteiger partial charge in [-0.05, 0) is 30.3 Å². The number of nitriles is 1. The van der Waals surface area contributed by atoms with E-state index >= 15 is 0 Å². The van der Waals surface area contributed by atoms with Gasteiger partial charge in [0, 0.05) is 16.8 Å². The zero-order valence-corrected chi connectivity index (χ0v) is 11.8. The summed E-state index contributed by atoms with van der Waals surface area (Å²) < 4.78 is 5.05. The average molecular weight is 303 g/mol. The number of halogens is 1. The molecule has 0 aromatic heterocycles. The second-order valence-electron chi connectivity index (χ2n) is 4.15. The maximum atomic E-state index is 11.0. The molecule has 2 aromatic carbocycles. The van der Waals surface area contributed by atoms with Crippen LogP contribution in [0.25, 0.3) is 0 Å². The van der Waals surface area contributed by atoms with Crippen LogP contribution >= 0.6 is 11.6 Å². The summed E-state index contributed by atoms with van der Waals surface area (Å²) >= 11 is 5.91. The van der Waals surface area contributed by atoms with Crippen LogP contribution in [0.3, 0.4) is 0 Å². The minimum Gasteiger partial charge on any atom is -0.496 e. The third-order valence-corrected chi connectivity index (χ3v) is 3.05. The van der Waals surface area contributed by atoms with E-state index in [0.717, 1.165) is 0 Å². The SMILES string of the molecule is COc1cc(Nc2cc(Cl)ccc2C#N)ccc1C(=O)O. The van der Waals surface area contributed by atoms with Gasteiger partial charge >= 0.3 is 5.97 Å². The summed E-state index contributed by atoms with van der Waals surface area (Å²) in [5, 5.41) is 21.6. The van der Waals surface area contributed by atoms with Gasteiger partial charge in [-0.3, -0.25) is 0 Å². The molecule has 0 saturated carbocycles. The largest absolute Gasteiger partial charge is 0.496 e. The highest BCUT2D eigenvalue weighted by Crippen LogP contribution is 2.28. The molecule has 0 saturated heterocycles. The topological polar surface area (TPSA) is 82.3 Å². The molecule has 0 spiro atoms. The van der Waals surface area contributed by atoms with Crippen molar-refractivity contribution >= 4 is 28.9 Å². The monoisotopic (exact) mass is 302 g/mol. The number of nitrogens with one attached hydrogen (secondary N) is 1. The molecule has 0 fully saturated rings. The molecule has 0 aliphatic carbocycles. The van der Waals surface area contributed by atoms with Crippen LogP contribution in [0.1, 0.15) is 15.9 Å². The second kappa shape index (κ2) is 6.16. The van der Waals surface area contributed by atoms with Crippen molar-refractivity contribution in [3.05, 3.63) is 52.5 Å². The molecule has 2 rings (SSSR count). The highest BCUT2D eigenvalue weighted by molar-refractivity contribution is 6.30. The number of methoxy groups -OCH3 is 1. The van der Waals surface area contributed by atoms with E-state index in [2.05, 4.69) is 11.4 Å². The minimum absolute atomic E-state index is 0.0645. The fourth-order valence-electron chi connectivity index (χ4n) is 1.82. The van der Waals surface area contributed by atoms with Crippen LogP contribution in [0.2, 0.25) is 5.02 Å². The highest BCUT2D eigenvalue weighted by atomic mass is 35.5. The fraction of sp³-hybridized carbons (Fsp3) is 0.0667. The van der Waals surface area contributed by atoms with E-state index in [1.54, 1.807) is 30.3 Å². The van der Waals surface area contributed by atoms with Gasteiger partial charge in [-0.15, -0.1) is 0 Å². The van der Waals surface area contributed by atoms with Crippen molar-refractivity contribution < 1.29 is 14.6 Å². The Morgan fingerprint density at radius 1 is 1.33 bits per heavy atom. The van der Waals surface area contributed by atoms with Gasteiger partial charge in [-0.1, -0.05) is 11.6 Å². The lowest BCUT2D eigenvalue weighted by molar-refractivity contribution is 0.0693. The molecule has 0 aliphatic rings. The molecular formula is C15H11ClN2O3. The molecule has 106 valence electrons. The van der Waals surface area contributed by atoms with Gasteiger partial charge in [0.2, 0.25) is 0 Å². The smallest absolute Gasteiger partial charge is 0.339 e. The standard InChI is InChI=1S/C15H11ClN2O3/c1-21-14-7-11(4-5-12(14)15(19)20)18-13-6-10(16)3-2-9(13)8-17/h2-7,18H,1H3,(H,19,20). The Morgan fingerprint density at radius 3 is 2.71 bits per heavy atom. The Labute approximate surface area is 126 Å². The van der Waals surface area contributed by atoms with Crippen LogP contribution in [0.5, 0.6) is 5.75 Å². The maximum Gasteiger partial charge on any atom is 0.339 e. The average Bonchev–Trinajstić information content (AvgIpc) is 2.47. The molecule has 6 heteroatoms. The van der Waals surface area contributed by atoms with Crippen molar-refractivity contribution in [1.29, 1.82) is 5.26 Å². The third kappa shape index (κ3) is 3.25. The summed E-state index contributed by atoms with van der Waals surface area (Å²) in [5.41, 5.74) is 1.63. The number of anilines is 2. The lowest BCUT2D eigenvalue weighted by atomic mass is 10.1. The zero-order valence-electron chi connectivity index (χ0n) is 11.1. The quantitative estimate of drug-likeness (QED) is 0.900. The molecular weight excluding hydrogens is 292 g/mol. The number of benzene rings is 2. The van der Waals surface area contributed by atoms with E-state index in [0.29, 0.717) is 22.0 Å². The molecule has 0 heterocycles. The Hall–Kier alpha value is -2.71. The summed E-state index contributed by atoms with van der Waals surface area (Å²) in [4.78, 5) is 11.0. The van der Waals surface area contributed by atoms with E-state index in [1.807, 2.05) is 0 Å². The van der Waals surface area contributed by atoms with E-state index in [4.69, 9.17) is 26.7 Å². The van der Waals surface area contributed by atoms with Crippen LogP contribution in [0.4, 0.5) is 11.4 Å². The van der Waals surface area contributed by atoms with E-state index in [9.17, 15) is 4.79 Å². The normalized spacial score (nSPS) is 9.76. The molecule has 5 nitrogen and oxygen atoms in total. The predicted molar refractivity (Wildman–Crippen MR) is 79.4 cm³/mol. The van der Waals surface area contributed by atoms with Gasteiger partial charge in [-0.2, -0.15) is 5.26 Å². The first-order valence-corrected chi connectivity index (χ1v) is 6.31. The molecule has 0 radical (unpaired) electrons. The number of rotatable bonds is 4.